The van der Waals surface area contributed by atoms with E-state index < -0.39 is 0 Å². The van der Waals surface area contributed by atoms with Gasteiger partial charge < -0.3 is 10.3 Å². The van der Waals surface area contributed by atoms with Crippen LogP contribution in [0.4, 0.5) is 9.52 Å². The minimum Gasteiger partial charge on any atom is -0.375 e. The first-order chi connectivity index (χ1) is 9.20. The number of thiazole rings is 1. The molecule has 1 aromatic carbocycles. The summed E-state index contributed by atoms with van der Waals surface area (Å²) in [5.41, 5.74) is 7.02. The van der Waals surface area contributed by atoms with Crippen LogP contribution < -0.4 is 5.73 Å². The van der Waals surface area contributed by atoms with E-state index in [9.17, 15) is 4.39 Å². The maximum Gasteiger partial charge on any atom is 0.277 e. The average molecular weight is 276 g/mol. The van der Waals surface area contributed by atoms with Crippen LogP contribution in [0.25, 0.3) is 11.6 Å². The van der Waals surface area contributed by atoms with Crippen LogP contribution in [-0.2, 0) is 6.42 Å². The van der Waals surface area contributed by atoms with Crippen molar-refractivity contribution in [3.63, 3.8) is 0 Å². The molecule has 2 N–H and O–H groups in total. The number of nitrogens with zero attached hydrogens (tertiary/aromatic N) is 3. The second kappa shape index (κ2) is 4.77. The van der Waals surface area contributed by atoms with E-state index in [1.54, 1.807) is 17.5 Å². The van der Waals surface area contributed by atoms with Gasteiger partial charge in [-0.05, 0) is 17.7 Å². The molecule has 19 heavy (non-hydrogen) atoms. The number of aromatic nitrogens is 3. The van der Waals surface area contributed by atoms with Gasteiger partial charge in [-0.15, -0.1) is 11.3 Å². The average Bonchev–Trinajstić information content (AvgIpc) is 3.01. The summed E-state index contributed by atoms with van der Waals surface area (Å²) in [5.74, 6) is 0.591. The van der Waals surface area contributed by atoms with E-state index in [1.165, 1.54) is 23.5 Å². The molecule has 96 valence electrons. The summed E-state index contributed by atoms with van der Waals surface area (Å²) in [4.78, 5) is 8.29. The van der Waals surface area contributed by atoms with Gasteiger partial charge in [0, 0.05) is 11.8 Å². The predicted octanol–water partition coefficient (Wildman–Crippen LogP) is 2.51. The Hall–Kier alpha value is -2.28. The van der Waals surface area contributed by atoms with E-state index in [4.69, 9.17) is 10.3 Å². The maximum absolute atomic E-state index is 12.8. The Labute approximate surface area is 111 Å². The van der Waals surface area contributed by atoms with Crippen molar-refractivity contribution in [1.82, 2.24) is 15.1 Å². The summed E-state index contributed by atoms with van der Waals surface area (Å²) < 4.78 is 17.9. The van der Waals surface area contributed by atoms with E-state index in [2.05, 4.69) is 15.1 Å². The zero-order valence-electron chi connectivity index (χ0n) is 9.71. The Balaban J connectivity index is 1.80. The Morgan fingerprint density at radius 3 is 2.68 bits per heavy atom. The second-order valence-corrected chi connectivity index (χ2v) is 4.78. The second-order valence-electron chi connectivity index (χ2n) is 3.89. The number of anilines is 1. The molecular formula is C12H9FN4OS. The van der Waals surface area contributed by atoms with Crippen molar-refractivity contribution in [1.29, 1.82) is 0 Å². The van der Waals surface area contributed by atoms with Crippen molar-refractivity contribution in [2.75, 3.05) is 5.73 Å². The zero-order valence-corrected chi connectivity index (χ0v) is 10.5. The van der Waals surface area contributed by atoms with Crippen LogP contribution >= 0.6 is 11.3 Å². The summed E-state index contributed by atoms with van der Waals surface area (Å²) in [6, 6.07) is 6.17. The highest BCUT2D eigenvalue weighted by molar-refractivity contribution is 7.13. The molecule has 0 radical (unpaired) electrons. The minimum absolute atomic E-state index is 0.268. The van der Waals surface area contributed by atoms with E-state index >= 15 is 0 Å². The van der Waals surface area contributed by atoms with Crippen LogP contribution in [0.2, 0.25) is 0 Å². The highest BCUT2D eigenvalue weighted by Gasteiger charge is 2.12. The van der Waals surface area contributed by atoms with Crippen molar-refractivity contribution >= 4 is 16.5 Å². The number of hydrogen-bond acceptors (Lipinski definition) is 6. The van der Waals surface area contributed by atoms with Gasteiger partial charge in [-0.25, -0.2) is 9.37 Å². The molecule has 0 amide bonds. The van der Waals surface area contributed by atoms with Gasteiger partial charge in [0.2, 0.25) is 0 Å². The largest absolute Gasteiger partial charge is 0.375 e. The third-order valence-electron chi connectivity index (χ3n) is 2.48. The lowest BCUT2D eigenvalue weighted by atomic mass is 10.1. The van der Waals surface area contributed by atoms with Gasteiger partial charge in [-0.1, -0.05) is 17.3 Å². The highest BCUT2D eigenvalue weighted by atomic mass is 32.1. The van der Waals surface area contributed by atoms with E-state index in [0.717, 1.165) is 5.56 Å². The molecule has 0 atom stereocenters. The molecule has 5 nitrogen and oxygen atoms in total. The molecule has 2 aromatic heterocycles. The van der Waals surface area contributed by atoms with Crippen molar-refractivity contribution in [2.45, 2.75) is 6.42 Å². The lowest BCUT2D eigenvalue weighted by molar-refractivity contribution is 0.423. The number of nitrogen functional groups attached to an aromatic ring is 1. The molecule has 2 heterocycles. The van der Waals surface area contributed by atoms with Gasteiger partial charge >= 0.3 is 0 Å². The smallest absolute Gasteiger partial charge is 0.277 e. The van der Waals surface area contributed by atoms with Crippen molar-refractivity contribution in [3.8, 4) is 11.6 Å². The third-order valence-corrected chi connectivity index (χ3v) is 3.16. The van der Waals surface area contributed by atoms with Crippen molar-refractivity contribution in [2.24, 2.45) is 0 Å². The van der Waals surface area contributed by atoms with Crippen LogP contribution in [0.15, 0.2) is 34.2 Å². The molecule has 0 saturated carbocycles. The lowest BCUT2D eigenvalue weighted by Crippen LogP contribution is -1.91. The Bertz CT molecular complexity index is 692. The van der Waals surface area contributed by atoms with Crippen LogP contribution in [0, 0.1) is 5.82 Å². The van der Waals surface area contributed by atoms with Gasteiger partial charge in [-0.3, -0.25) is 0 Å². The molecule has 0 bridgehead atoms. The standard InChI is InChI=1S/C12H9FN4OS/c13-8-3-1-7(2-4-8)5-10-16-11(18-17-10)9-6-19-12(14)15-9/h1-4,6H,5H2,(H2,14,15). The molecule has 0 aliphatic rings. The molecule has 0 unspecified atom stereocenters. The summed E-state index contributed by atoms with van der Waals surface area (Å²) in [6.45, 7) is 0. The minimum atomic E-state index is -0.268. The predicted molar refractivity (Wildman–Crippen MR) is 69.0 cm³/mol. The summed E-state index contributed by atoms with van der Waals surface area (Å²) in [6.07, 6.45) is 0.476. The number of nitrogens with two attached hydrogens (primary N) is 1. The van der Waals surface area contributed by atoms with Gasteiger partial charge in [0.05, 0.1) is 0 Å². The fraction of sp³-hybridized carbons (Fsp3) is 0.0833. The summed E-state index contributed by atoms with van der Waals surface area (Å²) >= 11 is 1.31. The van der Waals surface area contributed by atoms with Crippen molar-refractivity contribution in [3.05, 3.63) is 46.9 Å². The first-order valence-corrected chi connectivity index (χ1v) is 6.37. The van der Waals surface area contributed by atoms with E-state index in [1.807, 2.05) is 0 Å². The summed E-state index contributed by atoms with van der Waals surface area (Å²) in [5, 5.41) is 6.07. The highest BCUT2D eigenvalue weighted by Crippen LogP contribution is 2.21. The van der Waals surface area contributed by atoms with Crippen LogP contribution in [0.3, 0.4) is 0 Å². The van der Waals surface area contributed by atoms with Crippen molar-refractivity contribution < 1.29 is 8.91 Å². The SMILES string of the molecule is Nc1nc(-c2nc(Cc3ccc(F)cc3)no2)cs1. The zero-order chi connectivity index (χ0) is 13.2. The molecule has 3 rings (SSSR count). The van der Waals surface area contributed by atoms with Crippen LogP contribution in [-0.4, -0.2) is 15.1 Å². The first kappa shape index (κ1) is 11.8. The van der Waals surface area contributed by atoms with E-state index in [0.29, 0.717) is 29.0 Å². The number of benzene rings is 1. The third kappa shape index (κ3) is 2.60. The molecule has 0 spiro atoms. The number of rotatable bonds is 3. The van der Waals surface area contributed by atoms with Gasteiger partial charge in [0.1, 0.15) is 11.5 Å². The number of halogens is 1. The quantitative estimate of drug-likeness (QED) is 0.795. The Kier molecular flexibility index (Phi) is 2.96. The maximum atomic E-state index is 12.8. The van der Waals surface area contributed by atoms with Crippen LogP contribution in [0.1, 0.15) is 11.4 Å². The molecule has 3 aromatic rings. The van der Waals surface area contributed by atoms with E-state index in [-0.39, 0.29) is 5.82 Å². The molecule has 0 aliphatic heterocycles. The molecule has 7 heteroatoms. The number of hydrogen-bond donors (Lipinski definition) is 1. The normalized spacial score (nSPS) is 10.8. The molecule has 0 aliphatic carbocycles. The summed E-state index contributed by atoms with van der Waals surface area (Å²) in [7, 11) is 0. The first-order valence-electron chi connectivity index (χ1n) is 5.49. The Morgan fingerprint density at radius 1 is 1.21 bits per heavy atom. The van der Waals surface area contributed by atoms with Gasteiger partial charge in [0.25, 0.3) is 5.89 Å². The fourth-order valence-electron chi connectivity index (χ4n) is 1.60. The monoisotopic (exact) mass is 276 g/mol. The fourth-order valence-corrected chi connectivity index (χ4v) is 2.14. The Morgan fingerprint density at radius 2 is 2.00 bits per heavy atom. The molecule has 0 saturated heterocycles. The van der Waals surface area contributed by atoms with Crippen LogP contribution in [0.5, 0.6) is 0 Å². The molecule has 0 fully saturated rings. The molecular weight excluding hydrogens is 267 g/mol. The van der Waals surface area contributed by atoms with Gasteiger partial charge in [-0.2, -0.15) is 4.98 Å². The van der Waals surface area contributed by atoms with Gasteiger partial charge in [0.15, 0.2) is 11.0 Å². The lowest BCUT2D eigenvalue weighted by Gasteiger charge is -1.95. The topological polar surface area (TPSA) is 77.8 Å².